The lowest BCUT2D eigenvalue weighted by atomic mass is 10.1. The molecule has 0 aliphatic carbocycles. The zero-order valence-corrected chi connectivity index (χ0v) is 11.9. The van der Waals surface area contributed by atoms with Crippen molar-refractivity contribution in [2.24, 2.45) is 0 Å². The number of amides is 1. The molecule has 1 aromatic heterocycles. The Hall–Kier alpha value is -1.65. The third-order valence-corrected chi connectivity index (χ3v) is 3.24. The van der Waals surface area contributed by atoms with Crippen LogP contribution >= 0.6 is 23.2 Å². The number of benzene rings is 1. The number of rotatable bonds is 2. The highest BCUT2D eigenvalue weighted by atomic mass is 35.5. The molecule has 0 fully saturated rings. The van der Waals surface area contributed by atoms with Crippen LogP contribution in [-0.4, -0.2) is 16.1 Å². The molecule has 1 N–H and O–H groups in total. The summed E-state index contributed by atoms with van der Waals surface area (Å²) >= 11 is 11.7. The van der Waals surface area contributed by atoms with Crippen molar-refractivity contribution in [2.75, 3.05) is 5.32 Å². The van der Waals surface area contributed by atoms with Gasteiger partial charge in [-0.25, -0.2) is 0 Å². The summed E-state index contributed by atoms with van der Waals surface area (Å²) in [6.07, 6.45) is 0. The van der Waals surface area contributed by atoms with E-state index in [2.05, 4.69) is 15.5 Å². The number of aryl methyl sites for hydroxylation is 1. The molecule has 0 saturated carbocycles. The van der Waals surface area contributed by atoms with Crippen molar-refractivity contribution < 1.29 is 4.79 Å². The van der Waals surface area contributed by atoms with E-state index in [0.29, 0.717) is 11.3 Å². The van der Waals surface area contributed by atoms with Crippen LogP contribution in [0.1, 0.15) is 21.5 Å². The van der Waals surface area contributed by atoms with Gasteiger partial charge < -0.3 is 5.32 Å². The Morgan fingerprint density at radius 2 is 1.84 bits per heavy atom. The van der Waals surface area contributed by atoms with E-state index in [4.69, 9.17) is 23.2 Å². The van der Waals surface area contributed by atoms with Crippen molar-refractivity contribution in [3.05, 3.63) is 51.3 Å². The Morgan fingerprint density at radius 3 is 2.53 bits per heavy atom. The van der Waals surface area contributed by atoms with Crippen LogP contribution in [0.3, 0.4) is 0 Å². The van der Waals surface area contributed by atoms with Gasteiger partial charge in [0.15, 0.2) is 10.3 Å². The van der Waals surface area contributed by atoms with Crippen LogP contribution < -0.4 is 5.32 Å². The lowest BCUT2D eigenvalue weighted by Gasteiger charge is -2.09. The van der Waals surface area contributed by atoms with E-state index in [9.17, 15) is 4.79 Å². The Morgan fingerprint density at radius 1 is 1.16 bits per heavy atom. The molecule has 6 heteroatoms. The van der Waals surface area contributed by atoms with E-state index >= 15 is 0 Å². The van der Waals surface area contributed by atoms with E-state index in [1.807, 2.05) is 25.1 Å². The minimum atomic E-state index is -0.357. The third-order valence-electron chi connectivity index (χ3n) is 2.62. The van der Waals surface area contributed by atoms with Crippen molar-refractivity contribution in [2.45, 2.75) is 13.8 Å². The van der Waals surface area contributed by atoms with Gasteiger partial charge in [0.2, 0.25) is 0 Å². The number of halogens is 2. The number of hydrogen-bond donors (Lipinski definition) is 1. The van der Waals surface area contributed by atoms with E-state index in [1.54, 1.807) is 13.0 Å². The largest absolute Gasteiger partial charge is 0.322 e. The molecule has 1 heterocycles. The molecular formula is C13H11Cl2N3O. The van der Waals surface area contributed by atoms with Crippen molar-refractivity contribution in [1.29, 1.82) is 0 Å². The first-order valence-electron chi connectivity index (χ1n) is 5.55. The van der Waals surface area contributed by atoms with Gasteiger partial charge in [0.1, 0.15) is 0 Å². The first-order chi connectivity index (χ1) is 8.99. The third kappa shape index (κ3) is 3.03. The molecule has 0 atom stereocenters. The minimum Gasteiger partial charge on any atom is -0.322 e. The SMILES string of the molecule is Cc1cccc(NC(=O)c2c(Cl)nnc(Cl)c2C)c1. The summed E-state index contributed by atoms with van der Waals surface area (Å²) in [7, 11) is 0. The summed E-state index contributed by atoms with van der Waals surface area (Å²) in [6, 6.07) is 7.46. The number of carbonyl (C=O) groups is 1. The predicted molar refractivity (Wildman–Crippen MR) is 75.9 cm³/mol. The van der Waals surface area contributed by atoms with Crippen LogP contribution in [0.4, 0.5) is 5.69 Å². The van der Waals surface area contributed by atoms with Gasteiger partial charge in [0, 0.05) is 11.3 Å². The zero-order chi connectivity index (χ0) is 14.0. The second-order valence-corrected chi connectivity index (χ2v) is 4.82. The van der Waals surface area contributed by atoms with Crippen LogP contribution in [0, 0.1) is 13.8 Å². The standard InChI is InChI=1S/C13H11Cl2N3O/c1-7-4-3-5-9(6-7)16-13(19)10-8(2)11(14)17-18-12(10)15/h3-6H,1-2H3,(H,16,19). The second kappa shape index (κ2) is 5.55. The fourth-order valence-corrected chi connectivity index (χ4v) is 2.05. The van der Waals surface area contributed by atoms with Gasteiger partial charge in [-0.2, -0.15) is 0 Å². The molecule has 1 aromatic carbocycles. The zero-order valence-electron chi connectivity index (χ0n) is 10.4. The summed E-state index contributed by atoms with van der Waals surface area (Å²) in [5.41, 5.74) is 2.48. The summed E-state index contributed by atoms with van der Waals surface area (Å²) in [5, 5.41) is 10.2. The second-order valence-electron chi connectivity index (χ2n) is 4.11. The first-order valence-corrected chi connectivity index (χ1v) is 6.31. The molecule has 4 nitrogen and oxygen atoms in total. The quantitative estimate of drug-likeness (QED) is 0.920. The number of nitrogens with one attached hydrogen (secondary N) is 1. The molecule has 0 radical (unpaired) electrons. The molecule has 19 heavy (non-hydrogen) atoms. The van der Waals surface area contributed by atoms with Gasteiger partial charge in [0.05, 0.1) is 5.56 Å². The summed E-state index contributed by atoms with van der Waals surface area (Å²) in [5.74, 6) is -0.357. The van der Waals surface area contributed by atoms with Crippen molar-refractivity contribution in [3.8, 4) is 0 Å². The summed E-state index contributed by atoms with van der Waals surface area (Å²) < 4.78 is 0. The maximum atomic E-state index is 12.2. The van der Waals surface area contributed by atoms with Gasteiger partial charge in [-0.1, -0.05) is 35.3 Å². The Bertz CT molecular complexity index is 644. The van der Waals surface area contributed by atoms with Crippen molar-refractivity contribution in [1.82, 2.24) is 10.2 Å². The average molecular weight is 296 g/mol. The highest BCUT2D eigenvalue weighted by Gasteiger charge is 2.18. The van der Waals surface area contributed by atoms with E-state index < -0.39 is 0 Å². The van der Waals surface area contributed by atoms with Gasteiger partial charge in [-0.3, -0.25) is 4.79 Å². The molecule has 0 spiro atoms. The molecule has 0 bridgehead atoms. The summed E-state index contributed by atoms with van der Waals surface area (Å²) in [4.78, 5) is 12.2. The summed E-state index contributed by atoms with van der Waals surface area (Å²) in [6.45, 7) is 3.62. The van der Waals surface area contributed by atoms with E-state index in [1.165, 1.54) is 0 Å². The smallest absolute Gasteiger partial charge is 0.259 e. The molecular weight excluding hydrogens is 285 g/mol. The normalized spacial score (nSPS) is 10.3. The monoisotopic (exact) mass is 295 g/mol. The molecule has 2 aromatic rings. The molecule has 0 aliphatic heterocycles. The Balaban J connectivity index is 2.33. The Kier molecular flexibility index (Phi) is 4.02. The molecule has 2 rings (SSSR count). The average Bonchev–Trinajstić information content (AvgIpc) is 2.34. The number of nitrogens with zero attached hydrogens (tertiary/aromatic N) is 2. The predicted octanol–water partition coefficient (Wildman–Crippen LogP) is 3.65. The van der Waals surface area contributed by atoms with Crippen LogP contribution in [0.5, 0.6) is 0 Å². The number of anilines is 1. The van der Waals surface area contributed by atoms with Crippen LogP contribution in [0.2, 0.25) is 10.3 Å². The maximum Gasteiger partial charge on any atom is 0.259 e. The Labute approximate surface area is 120 Å². The number of carbonyl (C=O) groups excluding carboxylic acids is 1. The molecule has 0 unspecified atom stereocenters. The van der Waals surface area contributed by atoms with Crippen molar-refractivity contribution >= 4 is 34.8 Å². The lowest BCUT2D eigenvalue weighted by molar-refractivity contribution is 0.102. The molecule has 1 amide bonds. The van der Waals surface area contributed by atoms with Gasteiger partial charge in [0.25, 0.3) is 5.91 Å². The lowest BCUT2D eigenvalue weighted by Crippen LogP contribution is -2.15. The van der Waals surface area contributed by atoms with Gasteiger partial charge >= 0.3 is 0 Å². The number of hydrogen-bond acceptors (Lipinski definition) is 3. The van der Waals surface area contributed by atoms with Gasteiger partial charge in [-0.05, 0) is 31.5 Å². The minimum absolute atomic E-state index is 0.0343. The first kappa shape index (κ1) is 13.8. The van der Waals surface area contributed by atoms with Crippen LogP contribution in [0.15, 0.2) is 24.3 Å². The fraction of sp³-hybridized carbons (Fsp3) is 0.154. The fourth-order valence-electron chi connectivity index (χ4n) is 1.65. The van der Waals surface area contributed by atoms with E-state index in [-0.39, 0.29) is 21.8 Å². The van der Waals surface area contributed by atoms with Crippen LogP contribution in [-0.2, 0) is 0 Å². The highest BCUT2D eigenvalue weighted by Crippen LogP contribution is 2.23. The topological polar surface area (TPSA) is 54.9 Å². The van der Waals surface area contributed by atoms with Crippen molar-refractivity contribution in [3.63, 3.8) is 0 Å². The maximum absolute atomic E-state index is 12.2. The van der Waals surface area contributed by atoms with Crippen LogP contribution in [0.25, 0.3) is 0 Å². The molecule has 98 valence electrons. The molecule has 0 saturated heterocycles. The molecule has 0 aliphatic rings. The van der Waals surface area contributed by atoms with E-state index in [0.717, 1.165) is 5.56 Å². The van der Waals surface area contributed by atoms with Gasteiger partial charge in [-0.15, -0.1) is 10.2 Å². The number of aromatic nitrogens is 2. The highest BCUT2D eigenvalue weighted by molar-refractivity contribution is 6.35.